The average Bonchev–Trinajstić information content (AvgIpc) is 1.98. The molecule has 0 aliphatic carbocycles. The maximum atomic E-state index is 5.52. The minimum absolute atomic E-state index is 0.499. The molecule has 0 saturated heterocycles. The Balaban J connectivity index is 4.16. The van der Waals surface area contributed by atoms with Crippen LogP contribution in [0.15, 0.2) is 11.7 Å². The highest BCUT2D eigenvalue weighted by molar-refractivity contribution is 6.48. The maximum Gasteiger partial charge on any atom is 0.316 e. The second-order valence-corrected chi connectivity index (χ2v) is 4.98. The fourth-order valence-corrected chi connectivity index (χ4v) is 1.64. The smallest absolute Gasteiger partial charge is 0.316 e. The second kappa shape index (κ2) is 5.94. The SMILES string of the molecule is CCOC(OC)=C(C)O[SiH](C)C. The summed E-state index contributed by atoms with van der Waals surface area (Å²) in [7, 11) is 0.542. The fraction of sp³-hybridized carbons (Fsp3) is 0.750. The van der Waals surface area contributed by atoms with E-state index in [2.05, 4.69) is 13.1 Å². The van der Waals surface area contributed by atoms with Gasteiger partial charge in [-0.25, -0.2) is 0 Å². The van der Waals surface area contributed by atoms with Gasteiger partial charge in [-0.1, -0.05) is 0 Å². The molecule has 4 heteroatoms. The van der Waals surface area contributed by atoms with Gasteiger partial charge in [0.05, 0.1) is 13.7 Å². The van der Waals surface area contributed by atoms with E-state index in [1.165, 1.54) is 0 Å². The Morgan fingerprint density at radius 2 is 1.92 bits per heavy atom. The van der Waals surface area contributed by atoms with E-state index in [0.717, 1.165) is 5.76 Å². The van der Waals surface area contributed by atoms with Crippen molar-refractivity contribution in [1.29, 1.82) is 0 Å². The minimum Gasteiger partial charge on any atom is -0.545 e. The van der Waals surface area contributed by atoms with Crippen LogP contribution in [-0.2, 0) is 13.9 Å². The maximum absolute atomic E-state index is 5.52. The predicted molar refractivity (Wildman–Crippen MR) is 51.3 cm³/mol. The van der Waals surface area contributed by atoms with Gasteiger partial charge in [-0.05, 0) is 26.9 Å². The van der Waals surface area contributed by atoms with Crippen molar-refractivity contribution in [3.8, 4) is 0 Å². The van der Waals surface area contributed by atoms with Gasteiger partial charge < -0.3 is 13.9 Å². The van der Waals surface area contributed by atoms with Gasteiger partial charge in [-0.2, -0.15) is 0 Å². The standard InChI is InChI=1S/C8H18O3Si/c1-6-10-8(9-3)7(2)11-12(4)5/h12H,6H2,1-5H3. The molecule has 0 unspecified atom stereocenters. The molecule has 3 nitrogen and oxygen atoms in total. The lowest BCUT2D eigenvalue weighted by Crippen LogP contribution is -2.09. The zero-order valence-electron chi connectivity index (χ0n) is 8.51. The molecule has 0 spiro atoms. The number of hydrogen-bond acceptors (Lipinski definition) is 3. The summed E-state index contributed by atoms with van der Waals surface area (Å²) in [4.78, 5) is 0. The average molecular weight is 190 g/mol. The van der Waals surface area contributed by atoms with E-state index in [0.29, 0.717) is 12.6 Å². The van der Waals surface area contributed by atoms with Crippen LogP contribution in [0, 0.1) is 0 Å². The van der Waals surface area contributed by atoms with E-state index >= 15 is 0 Å². The van der Waals surface area contributed by atoms with Gasteiger partial charge in [0.2, 0.25) is 9.04 Å². The molecule has 0 rings (SSSR count). The van der Waals surface area contributed by atoms with E-state index in [4.69, 9.17) is 13.9 Å². The molecule has 0 aromatic carbocycles. The van der Waals surface area contributed by atoms with Crippen LogP contribution in [0.5, 0.6) is 0 Å². The lowest BCUT2D eigenvalue weighted by Gasteiger charge is -2.13. The van der Waals surface area contributed by atoms with Crippen LogP contribution in [0.25, 0.3) is 0 Å². The zero-order valence-corrected chi connectivity index (χ0v) is 9.66. The Bertz CT molecular complexity index is 154. The van der Waals surface area contributed by atoms with Gasteiger partial charge in [-0.15, -0.1) is 0 Å². The molecule has 0 N–H and O–H groups in total. The minimum atomic E-state index is -1.04. The Morgan fingerprint density at radius 1 is 1.33 bits per heavy atom. The topological polar surface area (TPSA) is 27.7 Å². The van der Waals surface area contributed by atoms with Gasteiger partial charge in [0.25, 0.3) is 0 Å². The van der Waals surface area contributed by atoms with Crippen molar-refractivity contribution >= 4 is 9.04 Å². The Kier molecular flexibility index (Phi) is 5.62. The molecule has 0 aliphatic heterocycles. The van der Waals surface area contributed by atoms with Gasteiger partial charge >= 0.3 is 5.95 Å². The summed E-state index contributed by atoms with van der Waals surface area (Å²) in [6, 6.07) is 0. The van der Waals surface area contributed by atoms with Crippen molar-refractivity contribution in [3.05, 3.63) is 11.7 Å². The van der Waals surface area contributed by atoms with Crippen LogP contribution in [0.2, 0.25) is 13.1 Å². The molecule has 0 amide bonds. The summed E-state index contributed by atoms with van der Waals surface area (Å²) in [5.41, 5.74) is 0. The van der Waals surface area contributed by atoms with Crippen LogP contribution in [0.1, 0.15) is 13.8 Å². The van der Waals surface area contributed by atoms with Crippen molar-refractivity contribution in [2.75, 3.05) is 13.7 Å². The number of hydrogen-bond donors (Lipinski definition) is 0. The quantitative estimate of drug-likeness (QED) is 0.489. The van der Waals surface area contributed by atoms with Crippen LogP contribution in [0.3, 0.4) is 0 Å². The molecule has 0 atom stereocenters. The molecule has 0 aromatic rings. The Labute approximate surface area is 76.0 Å². The van der Waals surface area contributed by atoms with Crippen LogP contribution in [-0.4, -0.2) is 22.8 Å². The van der Waals surface area contributed by atoms with Crippen molar-refractivity contribution in [3.63, 3.8) is 0 Å². The van der Waals surface area contributed by atoms with E-state index < -0.39 is 9.04 Å². The summed E-state index contributed by atoms with van der Waals surface area (Å²) in [5.74, 6) is 1.25. The van der Waals surface area contributed by atoms with E-state index in [1.54, 1.807) is 7.11 Å². The Hall–Kier alpha value is -0.643. The number of ether oxygens (including phenoxy) is 2. The predicted octanol–water partition coefficient (Wildman–Crippen LogP) is 1.86. The van der Waals surface area contributed by atoms with E-state index in [1.807, 2.05) is 13.8 Å². The molecule has 12 heavy (non-hydrogen) atoms. The highest BCUT2D eigenvalue weighted by Gasteiger charge is 2.06. The molecule has 0 heterocycles. The highest BCUT2D eigenvalue weighted by Crippen LogP contribution is 2.09. The Morgan fingerprint density at radius 3 is 2.25 bits per heavy atom. The summed E-state index contributed by atoms with van der Waals surface area (Å²) >= 11 is 0. The van der Waals surface area contributed by atoms with Crippen molar-refractivity contribution in [1.82, 2.24) is 0 Å². The van der Waals surface area contributed by atoms with Crippen molar-refractivity contribution in [2.24, 2.45) is 0 Å². The normalized spacial score (nSPS) is 12.5. The molecule has 0 aliphatic rings. The third kappa shape index (κ3) is 4.28. The monoisotopic (exact) mass is 190 g/mol. The highest BCUT2D eigenvalue weighted by atomic mass is 28.3. The first kappa shape index (κ1) is 11.4. The molecular formula is C8H18O3Si. The molecule has 0 aromatic heterocycles. The number of methoxy groups -OCH3 is 1. The number of allylic oxidation sites excluding steroid dienone is 1. The van der Waals surface area contributed by atoms with Crippen LogP contribution < -0.4 is 0 Å². The third-order valence-corrected chi connectivity index (χ3v) is 1.99. The third-order valence-electron chi connectivity index (χ3n) is 1.16. The molecule has 0 radical (unpaired) electrons. The lowest BCUT2D eigenvalue weighted by molar-refractivity contribution is 0.0537. The first-order valence-corrected chi connectivity index (χ1v) is 6.94. The van der Waals surface area contributed by atoms with Crippen LogP contribution >= 0.6 is 0 Å². The lowest BCUT2D eigenvalue weighted by atomic mass is 10.6. The molecular weight excluding hydrogens is 172 g/mol. The first-order chi connectivity index (χ1) is 5.61. The summed E-state index contributed by atoms with van der Waals surface area (Å²) < 4.78 is 15.7. The molecule has 0 bridgehead atoms. The molecule has 72 valence electrons. The first-order valence-electron chi connectivity index (χ1n) is 4.16. The molecule has 0 saturated carbocycles. The fourth-order valence-electron chi connectivity index (χ4n) is 0.837. The summed E-state index contributed by atoms with van der Waals surface area (Å²) in [6.07, 6.45) is 0. The summed E-state index contributed by atoms with van der Waals surface area (Å²) in [6.45, 7) is 8.58. The zero-order chi connectivity index (χ0) is 9.56. The number of rotatable bonds is 5. The van der Waals surface area contributed by atoms with E-state index in [-0.39, 0.29) is 0 Å². The largest absolute Gasteiger partial charge is 0.545 e. The molecule has 0 fully saturated rings. The summed E-state index contributed by atoms with van der Waals surface area (Å²) in [5, 5.41) is 0. The van der Waals surface area contributed by atoms with Crippen molar-refractivity contribution < 1.29 is 13.9 Å². The second-order valence-electron chi connectivity index (χ2n) is 2.65. The van der Waals surface area contributed by atoms with Crippen LogP contribution in [0.4, 0.5) is 0 Å². The van der Waals surface area contributed by atoms with Crippen molar-refractivity contribution in [2.45, 2.75) is 26.9 Å². The van der Waals surface area contributed by atoms with E-state index in [9.17, 15) is 0 Å². The van der Waals surface area contributed by atoms with Gasteiger partial charge in [-0.3, -0.25) is 0 Å². The van der Waals surface area contributed by atoms with Gasteiger partial charge in [0, 0.05) is 0 Å². The van der Waals surface area contributed by atoms with Gasteiger partial charge in [0.15, 0.2) is 5.76 Å². The van der Waals surface area contributed by atoms with Gasteiger partial charge in [0.1, 0.15) is 0 Å².